The molecule has 9 heteroatoms. The zero-order valence-corrected chi connectivity index (χ0v) is 14.7. The summed E-state index contributed by atoms with van der Waals surface area (Å²) in [6.07, 6.45) is 0.0340. The lowest BCUT2D eigenvalue weighted by Crippen LogP contribution is -2.39. The van der Waals surface area contributed by atoms with Gasteiger partial charge in [-0.15, -0.1) is 0 Å². The minimum absolute atomic E-state index is 0.0519. The van der Waals surface area contributed by atoms with Crippen molar-refractivity contribution < 1.29 is 18.0 Å². The topological polar surface area (TPSA) is 83.6 Å². The Kier molecular flexibility index (Phi) is 5.54. The standard InChI is InChI=1S/C14H16Cl2N2O4S/c1-18(10-4-5-23(21,22)8-10)14(20)7-13(19)17-9-2-3-11(15)12(16)6-9/h2-3,6,10H,4-5,7-8H2,1H3,(H,17,19). The number of amides is 2. The highest BCUT2D eigenvalue weighted by Crippen LogP contribution is 2.25. The van der Waals surface area contributed by atoms with Crippen LogP contribution in [0.1, 0.15) is 12.8 Å². The predicted octanol–water partition coefficient (Wildman–Crippen LogP) is 1.97. The Hall–Kier alpha value is -1.31. The highest BCUT2D eigenvalue weighted by molar-refractivity contribution is 7.91. The summed E-state index contributed by atoms with van der Waals surface area (Å²) in [4.78, 5) is 25.3. The molecule has 1 aliphatic rings. The van der Waals surface area contributed by atoms with Crippen molar-refractivity contribution in [2.24, 2.45) is 0 Å². The fraction of sp³-hybridized carbons (Fsp3) is 0.429. The first-order valence-electron chi connectivity index (χ1n) is 6.89. The number of nitrogens with zero attached hydrogens (tertiary/aromatic N) is 1. The number of hydrogen-bond acceptors (Lipinski definition) is 4. The number of nitrogens with one attached hydrogen (secondary N) is 1. The molecule has 0 saturated carbocycles. The van der Waals surface area contributed by atoms with Crippen LogP contribution in [0.25, 0.3) is 0 Å². The van der Waals surface area contributed by atoms with Crippen LogP contribution < -0.4 is 5.32 Å². The molecule has 23 heavy (non-hydrogen) atoms. The Morgan fingerprint density at radius 1 is 1.30 bits per heavy atom. The van der Waals surface area contributed by atoms with Crippen LogP contribution in [-0.4, -0.2) is 49.7 Å². The van der Waals surface area contributed by atoms with E-state index in [9.17, 15) is 18.0 Å². The van der Waals surface area contributed by atoms with Crippen LogP contribution >= 0.6 is 23.2 Å². The zero-order valence-electron chi connectivity index (χ0n) is 12.4. The Morgan fingerprint density at radius 2 is 2.00 bits per heavy atom. The van der Waals surface area contributed by atoms with E-state index < -0.39 is 21.7 Å². The van der Waals surface area contributed by atoms with E-state index in [0.717, 1.165) is 0 Å². The molecule has 126 valence electrons. The third-order valence-corrected chi connectivity index (χ3v) is 6.15. The third-order valence-electron chi connectivity index (χ3n) is 3.66. The molecule has 6 nitrogen and oxygen atoms in total. The van der Waals surface area contributed by atoms with Crippen LogP contribution in [0, 0.1) is 0 Å². The van der Waals surface area contributed by atoms with Gasteiger partial charge in [0.15, 0.2) is 9.84 Å². The van der Waals surface area contributed by atoms with Gasteiger partial charge in [0.25, 0.3) is 0 Å². The maximum atomic E-state index is 12.1. The van der Waals surface area contributed by atoms with Crippen molar-refractivity contribution in [1.29, 1.82) is 0 Å². The van der Waals surface area contributed by atoms with Crippen molar-refractivity contribution in [3.8, 4) is 0 Å². The molecule has 0 radical (unpaired) electrons. The first kappa shape index (κ1) is 18.0. The zero-order chi connectivity index (χ0) is 17.2. The SMILES string of the molecule is CN(C(=O)CC(=O)Nc1ccc(Cl)c(Cl)c1)C1CCS(=O)(=O)C1. The number of benzene rings is 1. The van der Waals surface area contributed by atoms with Gasteiger partial charge in [-0.25, -0.2) is 8.42 Å². The Bertz CT molecular complexity index is 736. The second-order valence-electron chi connectivity index (χ2n) is 5.42. The van der Waals surface area contributed by atoms with E-state index in [2.05, 4.69) is 5.32 Å². The Labute approximate surface area is 144 Å². The van der Waals surface area contributed by atoms with Crippen molar-refractivity contribution in [2.45, 2.75) is 18.9 Å². The van der Waals surface area contributed by atoms with E-state index in [1.54, 1.807) is 6.07 Å². The molecule has 1 aromatic rings. The molecular weight excluding hydrogens is 363 g/mol. The first-order chi connectivity index (χ1) is 10.7. The van der Waals surface area contributed by atoms with E-state index in [1.807, 2.05) is 0 Å². The summed E-state index contributed by atoms with van der Waals surface area (Å²) in [7, 11) is -1.57. The van der Waals surface area contributed by atoms with Gasteiger partial charge >= 0.3 is 0 Å². The predicted molar refractivity (Wildman–Crippen MR) is 89.5 cm³/mol. The molecule has 1 N–H and O–H groups in total. The minimum atomic E-state index is -3.08. The molecule has 2 amide bonds. The number of anilines is 1. The molecule has 0 bridgehead atoms. The molecule has 1 heterocycles. The van der Waals surface area contributed by atoms with Crippen LogP contribution in [0.3, 0.4) is 0 Å². The summed E-state index contributed by atoms with van der Waals surface area (Å²) < 4.78 is 22.9. The van der Waals surface area contributed by atoms with E-state index in [-0.39, 0.29) is 24.0 Å². The largest absolute Gasteiger partial charge is 0.341 e. The molecule has 1 saturated heterocycles. The molecule has 0 aromatic heterocycles. The number of carbonyl (C=O) groups excluding carboxylic acids is 2. The molecular formula is C14H16Cl2N2O4S. The summed E-state index contributed by atoms with van der Waals surface area (Å²) in [6, 6.07) is 4.23. The van der Waals surface area contributed by atoms with E-state index in [0.29, 0.717) is 22.2 Å². The molecule has 0 aliphatic carbocycles. The molecule has 1 fully saturated rings. The maximum absolute atomic E-state index is 12.1. The van der Waals surface area contributed by atoms with Gasteiger partial charge < -0.3 is 10.2 Å². The number of carbonyl (C=O) groups is 2. The number of hydrogen-bond donors (Lipinski definition) is 1. The normalized spacial score (nSPS) is 19.3. The fourth-order valence-electron chi connectivity index (χ4n) is 2.33. The van der Waals surface area contributed by atoms with Crippen LogP contribution in [0.15, 0.2) is 18.2 Å². The molecule has 2 rings (SSSR count). The highest BCUT2D eigenvalue weighted by atomic mass is 35.5. The molecule has 1 aliphatic heterocycles. The van der Waals surface area contributed by atoms with Gasteiger partial charge in [0.2, 0.25) is 11.8 Å². The summed E-state index contributed by atoms with van der Waals surface area (Å²) >= 11 is 11.6. The van der Waals surface area contributed by atoms with Gasteiger partial charge in [-0.1, -0.05) is 23.2 Å². The van der Waals surface area contributed by atoms with Gasteiger partial charge in [0.1, 0.15) is 6.42 Å². The second-order valence-corrected chi connectivity index (χ2v) is 8.46. The molecule has 1 atom stereocenters. The summed E-state index contributed by atoms with van der Waals surface area (Å²) in [5.74, 6) is -0.903. The quantitative estimate of drug-likeness (QED) is 0.811. The second kappa shape index (κ2) is 7.07. The van der Waals surface area contributed by atoms with Crippen molar-refractivity contribution in [1.82, 2.24) is 4.90 Å². The number of sulfone groups is 1. The smallest absolute Gasteiger partial charge is 0.233 e. The first-order valence-corrected chi connectivity index (χ1v) is 9.46. The van der Waals surface area contributed by atoms with Gasteiger partial charge in [0, 0.05) is 18.8 Å². The minimum Gasteiger partial charge on any atom is -0.341 e. The van der Waals surface area contributed by atoms with Gasteiger partial charge in [-0.05, 0) is 24.6 Å². The van der Waals surface area contributed by atoms with Gasteiger partial charge in [-0.2, -0.15) is 0 Å². The van der Waals surface area contributed by atoms with Crippen LogP contribution in [0.4, 0.5) is 5.69 Å². The lowest BCUT2D eigenvalue weighted by molar-refractivity contribution is -0.134. The van der Waals surface area contributed by atoms with Crippen molar-refractivity contribution in [2.75, 3.05) is 23.9 Å². The molecule has 1 unspecified atom stereocenters. The fourth-order valence-corrected chi connectivity index (χ4v) is 4.40. The molecule has 1 aromatic carbocycles. The molecule has 0 spiro atoms. The van der Waals surface area contributed by atoms with Crippen molar-refractivity contribution in [3.05, 3.63) is 28.2 Å². The highest BCUT2D eigenvalue weighted by Gasteiger charge is 2.33. The van der Waals surface area contributed by atoms with E-state index in [1.165, 1.54) is 24.1 Å². The number of halogens is 2. The van der Waals surface area contributed by atoms with Gasteiger partial charge in [-0.3, -0.25) is 9.59 Å². The van der Waals surface area contributed by atoms with E-state index >= 15 is 0 Å². The average Bonchev–Trinajstić information content (AvgIpc) is 2.82. The monoisotopic (exact) mass is 378 g/mol. The van der Waals surface area contributed by atoms with Gasteiger partial charge in [0.05, 0.1) is 21.6 Å². The van der Waals surface area contributed by atoms with Crippen LogP contribution in [-0.2, 0) is 19.4 Å². The third kappa shape index (κ3) is 4.83. The Balaban J connectivity index is 1.91. The van der Waals surface area contributed by atoms with E-state index in [4.69, 9.17) is 23.2 Å². The summed E-state index contributed by atoms with van der Waals surface area (Å²) in [5.41, 5.74) is 0.434. The lowest BCUT2D eigenvalue weighted by Gasteiger charge is -2.23. The van der Waals surface area contributed by atoms with Crippen LogP contribution in [0.5, 0.6) is 0 Å². The summed E-state index contributed by atoms with van der Waals surface area (Å²) in [5, 5.41) is 3.21. The van der Waals surface area contributed by atoms with Crippen LogP contribution in [0.2, 0.25) is 10.0 Å². The number of rotatable bonds is 4. The maximum Gasteiger partial charge on any atom is 0.233 e. The van der Waals surface area contributed by atoms with Crippen molar-refractivity contribution in [3.63, 3.8) is 0 Å². The lowest BCUT2D eigenvalue weighted by atomic mass is 10.2. The van der Waals surface area contributed by atoms with Crippen molar-refractivity contribution >= 4 is 50.5 Å². The summed E-state index contributed by atoms with van der Waals surface area (Å²) in [6.45, 7) is 0. The Morgan fingerprint density at radius 3 is 2.57 bits per heavy atom. The average molecular weight is 379 g/mol.